The molecule has 1 aliphatic heterocycles. The van der Waals surface area contributed by atoms with Crippen molar-refractivity contribution in [2.24, 2.45) is 0 Å². The number of nitrogen functional groups attached to an aromatic ring is 1. The van der Waals surface area contributed by atoms with E-state index in [0.29, 0.717) is 12.6 Å². The zero-order valence-electron chi connectivity index (χ0n) is 17.3. The molecular weight excluding hydrogens is 362 g/mol. The van der Waals surface area contributed by atoms with Crippen molar-refractivity contribution in [3.63, 3.8) is 0 Å². The number of hydrogen-bond acceptors (Lipinski definition) is 5. The molecular formula is C19H34N5O4+. The molecule has 0 bridgehead atoms. The SMILES string of the molecule is CCCCn1c(N)c(N(CCOC)C(=O)C[NH+]2CCCC[C@@H]2C)c(=O)[nH]c1=O. The van der Waals surface area contributed by atoms with Crippen LogP contribution in [0.15, 0.2) is 9.59 Å². The molecule has 1 aromatic rings. The Morgan fingerprint density at radius 1 is 1.39 bits per heavy atom. The van der Waals surface area contributed by atoms with Gasteiger partial charge in [-0.15, -0.1) is 0 Å². The van der Waals surface area contributed by atoms with E-state index in [1.807, 2.05) is 6.92 Å². The molecule has 1 fully saturated rings. The quantitative estimate of drug-likeness (QED) is 0.513. The maximum atomic E-state index is 13.1. The van der Waals surface area contributed by atoms with E-state index in [4.69, 9.17) is 10.5 Å². The molecule has 2 heterocycles. The number of piperidine rings is 1. The van der Waals surface area contributed by atoms with Gasteiger partial charge in [-0.2, -0.15) is 0 Å². The summed E-state index contributed by atoms with van der Waals surface area (Å²) in [4.78, 5) is 42.8. The van der Waals surface area contributed by atoms with Crippen molar-refractivity contribution in [3.8, 4) is 0 Å². The van der Waals surface area contributed by atoms with Crippen LogP contribution in [0.5, 0.6) is 0 Å². The van der Waals surface area contributed by atoms with Gasteiger partial charge in [-0.25, -0.2) is 4.79 Å². The number of quaternary nitrogens is 1. The molecule has 0 spiro atoms. The lowest BCUT2D eigenvalue weighted by atomic mass is 10.0. The van der Waals surface area contributed by atoms with Crippen LogP contribution in [0.3, 0.4) is 0 Å². The number of likely N-dealkylation sites (tertiary alicyclic amines) is 1. The summed E-state index contributed by atoms with van der Waals surface area (Å²) in [5.74, 6) is -0.146. The number of ether oxygens (including phenoxy) is 1. The van der Waals surface area contributed by atoms with Crippen molar-refractivity contribution in [2.75, 3.05) is 44.0 Å². The summed E-state index contributed by atoms with van der Waals surface area (Å²) >= 11 is 0. The molecule has 9 heteroatoms. The topological polar surface area (TPSA) is 115 Å². The number of H-pyrrole nitrogens is 1. The van der Waals surface area contributed by atoms with E-state index >= 15 is 0 Å². The number of aromatic amines is 1. The minimum atomic E-state index is -0.638. The molecule has 0 saturated carbocycles. The number of carbonyl (C=O) groups excluding carboxylic acids is 1. The van der Waals surface area contributed by atoms with E-state index < -0.39 is 11.2 Å². The zero-order valence-corrected chi connectivity index (χ0v) is 17.3. The molecule has 0 aliphatic carbocycles. The lowest BCUT2D eigenvalue weighted by Gasteiger charge is -2.32. The van der Waals surface area contributed by atoms with Crippen LogP contribution in [0.4, 0.5) is 11.5 Å². The Morgan fingerprint density at radius 3 is 2.79 bits per heavy atom. The van der Waals surface area contributed by atoms with Crippen LogP contribution < -0.4 is 26.8 Å². The molecule has 9 nitrogen and oxygen atoms in total. The fourth-order valence-corrected chi connectivity index (χ4v) is 3.73. The smallest absolute Gasteiger partial charge is 0.330 e. The summed E-state index contributed by atoms with van der Waals surface area (Å²) < 4.78 is 6.47. The minimum Gasteiger partial charge on any atom is -0.383 e. The van der Waals surface area contributed by atoms with Crippen molar-refractivity contribution < 1.29 is 14.4 Å². The van der Waals surface area contributed by atoms with E-state index in [9.17, 15) is 14.4 Å². The van der Waals surface area contributed by atoms with Gasteiger partial charge in [0.15, 0.2) is 12.2 Å². The second kappa shape index (κ2) is 10.4. The Balaban J connectivity index is 2.37. The number of nitrogens with one attached hydrogen (secondary N) is 2. The van der Waals surface area contributed by atoms with Gasteiger partial charge in [0.1, 0.15) is 5.82 Å². The highest BCUT2D eigenvalue weighted by Gasteiger charge is 2.30. The first-order chi connectivity index (χ1) is 13.4. The van der Waals surface area contributed by atoms with Crippen LogP contribution in [0.2, 0.25) is 0 Å². The molecule has 28 heavy (non-hydrogen) atoms. The number of methoxy groups -OCH3 is 1. The first-order valence-electron chi connectivity index (χ1n) is 10.2. The minimum absolute atomic E-state index is 0.0355. The molecule has 1 unspecified atom stereocenters. The van der Waals surface area contributed by atoms with E-state index in [0.717, 1.165) is 32.2 Å². The van der Waals surface area contributed by atoms with Crippen LogP contribution in [-0.4, -0.2) is 54.9 Å². The first-order valence-corrected chi connectivity index (χ1v) is 10.2. The number of carbonyl (C=O) groups is 1. The third-order valence-corrected chi connectivity index (χ3v) is 5.50. The second-order valence-electron chi connectivity index (χ2n) is 7.52. The van der Waals surface area contributed by atoms with Gasteiger partial charge >= 0.3 is 5.69 Å². The van der Waals surface area contributed by atoms with E-state index in [1.54, 1.807) is 0 Å². The van der Waals surface area contributed by atoms with E-state index in [2.05, 4.69) is 11.9 Å². The normalized spacial score (nSPS) is 19.5. The van der Waals surface area contributed by atoms with Crippen molar-refractivity contribution in [2.45, 2.75) is 58.5 Å². The van der Waals surface area contributed by atoms with Crippen molar-refractivity contribution in [1.29, 1.82) is 0 Å². The van der Waals surface area contributed by atoms with Crippen LogP contribution in [-0.2, 0) is 16.1 Å². The Bertz CT molecular complexity index is 773. The molecule has 4 N–H and O–H groups in total. The number of rotatable bonds is 9. The summed E-state index contributed by atoms with van der Waals surface area (Å²) in [5.41, 5.74) is 5.06. The number of anilines is 2. The number of nitrogens with zero attached hydrogens (tertiary/aromatic N) is 2. The number of nitrogens with two attached hydrogens (primary N) is 1. The average Bonchev–Trinajstić information content (AvgIpc) is 2.65. The number of aromatic nitrogens is 2. The van der Waals surface area contributed by atoms with Gasteiger partial charge < -0.3 is 15.4 Å². The summed E-state index contributed by atoms with van der Waals surface area (Å²) in [5, 5.41) is 0. The molecule has 0 radical (unpaired) electrons. The maximum absolute atomic E-state index is 13.1. The van der Waals surface area contributed by atoms with Gasteiger partial charge in [0, 0.05) is 20.2 Å². The monoisotopic (exact) mass is 396 g/mol. The van der Waals surface area contributed by atoms with Crippen LogP contribution >= 0.6 is 0 Å². The summed E-state index contributed by atoms with van der Waals surface area (Å²) in [7, 11) is 1.54. The van der Waals surface area contributed by atoms with Crippen molar-refractivity contribution >= 4 is 17.4 Å². The van der Waals surface area contributed by atoms with E-state index in [-0.39, 0.29) is 37.1 Å². The van der Waals surface area contributed by atoms with Gasteiger partial charge in [0.25, 0.3) is 11.5 Å². The largest absolute Gasteiger partial charge is 0.383 e. The van der Waals surface area contributed by atoms with Crippen LogP contribution in [0.25, 0.3) is 0 Å². The average molecular weight is 397 g/mol. The number of unbranched alkanes of at least 4 members (excludes halogenated alkanes) is 1. The number of hydrogen-bond donors (Lipinski definition) is 3. The molecule has 0 aromatic carbocycles. The summed E-state index contributed by atoms with van der Waals surface area (Å²) in [6, 6.07) is 0.399. The molecule has 1 aromatic heterocycles. The molecule has 158 valence electrons. The molecule has 2 rings (SSSR count). The third-order valence-electron chi connectivity index (χ3n) is 5.50. The fraction of sp³-hybridized carbons (Fsp3) is 0.737. The Labute approximate surface area is 165 Å². The highest BCUT2D eigenvalue weighted by Crippen LogP contribution is 2.17. The first kappa shape index (κ1) is 22.2. The molecule has 1 amide bonds. The molecule has 2 atom stereocenters. The van der Waals surface area contributed by atoms with Crippen LogP contribution in [0, 0.1) is 0 Å². The number of amides is 1. The lowest BCUT2D eigenvalue weighted by molar-refractivity contribution is -0.920. The van der Waals surface area contributed by atoms with Crippen molar-refractivity contribution in [3.05, 3.63) is 20.8 Å². The van der Waals surface area contributed by atoms with Gasteiger partial charge in [-0.1, -0.05) is 13.3 Å². The van der Waals surface area contributed by atoms with Gasteiger partial charge in [-0.3, -0.25) is 24.0 Å². The highest BCUT2D eigenvalue weighted by molar-refractivity contribution is 5.96. The second-order valence-corrected chi connectivity index (χ2v) is 7.52. The predicted octanol–water partition coefficient (Wildman–Crippen LogP) is -0.644. The molecule has 1 saturated heterocycles. The summed E-state index contributed by atoms with van der Waals surface area (Å²) in [6.45, 7) is 6.24. The van der Waals surface area contributed by atoms with Gasteiger partial charge in [0.05, 0.1) is 19.2 Å². The van der Waals surface area contributed by atoms with Crippen molar-refractivity contribution in [1.82, 2.24) is 9.55 Å². The maximum Gasteiger partial charge on any atom is 0.330 e. The standard InChI is InChI=1S/C19H33N5O4/c1-4-5-10-24-17(20)16(18(26)21-19(24)27)23(11-12-28-3)15(25)13-22-9-7-6-8-14(22)2/h14H,4-13,20H2,1-3H3,(H,21,26,27)/p+1/t14-/m0/s1. The fourth-order valence-electron chi connectivity index (χ4n) is 3.73. The lowest BCUT2D eigenvalue weighted by Crippen LogP contribution is -3.17. The Morgan fingerprint density at radius 2 is 2.14 bits per heavy atom. The van der Waals surface area contributed by atoms with Gasteiger partial charge in [-0.05, 0) is 32.6 Å². The molecule has 1 aliphatic rings. The summed E-state index contributed by atoms with van der Waals surface area (Å²) in [6.07, 6.45) is 4.99. The zero-order chi connectivity index (χ0) is 20.7. The van der Waals surface area contributed by atoms with Gasteiger partial charge in [0.2, 0.25) is 0 Å². The predicted molar refractivity (Wildman–Crippen MR) is 109 cm³/mol. The Kier molecular flexibility index (Phi) is 8.25. The highest BCUT2D eigenvalue weighted by atomic mass is 16.5. The third kappa shape index (κ3) is 5.23. The van der Waals surface area contributed by atoms with Crippen LogP contribution in [0.1, 0.15) is 46.0 Å². The van der Waals surface area contributed by atoms with E-state index in [1.165, 1.54) is 27.9 Å². The Hall–Kier alpha value is -2.13.